The van der Waals surface area contributed by atoms with Crippen molar-refractivity contribution in [2.75, 3.05) is 235 Å². The minimum atomic E-state index is -4.66. The molecule has 0 bridgehead atoms. The number of fused-ring (bicyclic) bond motifs is 2. The number of nitrogens with zero attached hydrogens (tertiary/aromatic N) is 16. The number of piperazine rings is 4. The van der Waals surface area contributed by atoms with Crippen LogP contribution < -0.4 is 19.6 Å². The van der Waals surface area contributed by atoms with Gasteiger partial charge in [0, 0.05) is 307 Å². The number of carbonyl (C=O) groups is 7. The molecule has 0 aromatic heterocycles. The summed E-state index contributed by atoms with van der Waals surface area (Å²) >= 11 is 6.32. The Bertz CT molecular complexity index is 5390. The number of sulfonamides is 1. The van der Waals surface area contributed by atoms with Crippen LogP contribution >= 0.6 is 11.6 Å². The summed E-state index contributed by atoms with van der Waals surface area (Å²) in [5.41, 5.74) is 3.73. The van der Waals surface area contributed by atoms with Crippen molar-refractivity contribution in [2.45, 2.75) is 168 Å². The molecular weight excluding hydrogens is 2050 g/mol. The highest BCUT2D eigenvalue weighted by Gasteiger charge is 2.53. The van der Waals surface area contributed by atoms with Gasteiger partial charge in [-0.3, -0.25) is 34.0 Å². The molecule has 4 aromatic rings. The summed E-state index contributed by atoms with van der Waals surface area (Å²) in [4.78, 5) is 110. The average molecular weight is 2180 g/mol. The van der Waals surface area contributed by atoms with Crippen LogP contribution in [0.3, 0.4) is 0 Å². The van der Waals surface area contributed by atoms with Gasteiger partial charge in [-0.05, 0) is 136 Å². The molecule has 0 aliphatic carbocycles. The summed E-state index contributed by atoms with van der Waals surface area (Å²) in [5, 5.41) is 0.669. The maximum atomic E-state index is 13.5. The largest absolute Gasteiger partial charge is 0.437 e. The first-order valence-corrected chi connectivity index (χ1v) is 51.2. The first kappa shape index (κ1) is 115. The lowest BCUT2D eigenvalue weighted by atomic mass is 9.71. The minimum Gasteiger partial charge on any atom is -0.437 e. The van der Waals surface area contributed by atoms with Gasteiger partial charge in [-0.1, -0.05) is 35.9 Å². The molecule has 12 fully saturated rings. The summed E-state index contributed by atoms with van der Waals surface area (Å²) < 4.78 is 317. The van der Waals surface area contributed by atoms with E-state index in [0.717, 1.165) is 127 Å². The van der Waals surface area contributed by atoms with Gasteiger partial charge in [-0.15, -0.1) is 0 Å². The van der Waals surface area contributed by atoms with Gasteiger partial charge >= 0.3 is 67.6 Å². The molecule has 0 N–H and O–H groups in total. The van der Waals surface area contributed by atoms with Gasteiger partial charge in [-0.2, -0.15) is 92.2 Å². The Morgan fingerprint density at radius 2 is 0.547 bits per heavy atom. The number of piperidine rings is 2. The number of carbonyl (C=O) groups excluding carboxylic acids is 7. The molecule has 826 valence electrons. The van der Waals surface area contributed by atoms with E-state index in [1.54, 1.807) is 16.7 Å². The Hall–Kier alpha value is -9.86. The number of ether oxygens (including phenoxy) is 4. The van der Waals surface area contributed by atoms with Crippen molar-refractivity contribution in [1.29, 1.82) is 0 Å². The topological polar surface area (TPSA) is 242 Å². The molecule has 7 amide bonds. The van der Waals surface area contributed by atoms with Crippen molar-refractivity contribution >= 4 is 86.5 Å². The van der Waals surface area contributed by atoms with Crippen molar-refractivity contribution in [3.63, 3.8) is 0 Å². The van der Waals surface area contributed by atoms with Crippen LogP contribution in [0, 0.1) is 34.5 Å². The van der Waals surface area contributed by atoms with Gasteiger partial charge in [0.2, 0.25) is 27.7 Å². The lowest BCUT2D eigenvalue weighted by molar-refractivity contribution is -0.200. The zero-order valence-electron chi connectivity index (χ0n) is 83.0. The molecule has 12 saturated heterocycles. The Balaban J connectivity index is 0.000000165. The summed E-state index contributed by atoms with van der Waals surface area (Å²) in [6.45, 7) is 23.8. The standard InChI is InChI=1S/C25H32F6N4O3.C24H32ClF3N4O3.C24H30F6N4O3.C23H30F6N4O4S/c1-17(24(26,27)28)38-22(37)34-11-9-32(10-12-34)14-19-3-4-20(25(29,30)31)13-21(19)35-15-23(16-35)5-7-33(8-6-23)18(2)36;1-17(24(26,27)28)35-22(34)31-11-9-29(10-12-31)14-19-3-4-20(25)13-21(19)32-15-23(16-32)5-7-30(8-6-23)18(2)33;1-15(23(25,26)27)37-22(36)32-7-5-31(6-8-32)10-17-3-4-20(24(28,29)30)9-21(17)34-13-18-11-33(16(2)35)12-19(18)14-34;1-15(22(24,25)26)37-21(34)31-7-5-30(6-8-31)10-16-3-4-19(23(27,28)29)9-20(16)32-11-17-13-33(38(2,35)36)14-18(17)12-32/h3-4,13,17H,5-12,14-16H2,1-2H3;3-4,13,17H,5-12,14-16H2,1-2H3;3-4,9,15,18-19H,5-8,10-14H2,1-2H3;3-4,9,15,17-18H,5-8,10-14H2,1-2H3. The van der Waals surface area contributed by atoms with E-state index in [4.69, 9.17) is 11.6 Å². The fourth-order valence-electron chi connectivity index (χ4n) is 20.9. The second-order valence-corrected chi connectivity index (χ2v) is 43.1. The first-order chi connectivity index (χ1) is 68.9. The smallest absolute Gasteiger partial charge is 0.425 e. The van der Waals surface area contributed by atoms with E-state index < -0.39 is 119 Å². The van der Waals surface area contributed by atoms with Crippen molar-refractivity contribution in [3.8, 4) is 0 Å². The quantitative estimate of drug-likeness (QED) is 0.0704. The van der Waals surface area contributed by atoms with Crippen LogP contribution in [-0.2, 0) is 88.1 Å². The molecule has 4 aromatic carbocycles. The highest BCUT2D eigenvalue weighted by Crippen LogP contribution is 2.49. The SMILES string of the molecule is CC(=O)N1CC2CN(c3cc(C(F)(F)F)ccc3CN3CCN(C(=O)OC(C)C(F)(F)F)CC3)CC2C1.CC(=O)N1CCC2(CC1)CN(c1cc(C(F)(F)F)ccc1CN1CCN(C(=O)OC(C)C(F)(F)F)CC1)C2.CC(=O)N1CCC2(CC1)CN(c1cc(Cl)ccc1CN1CCN(C(=O)OC(C)C(F)(F)F)CC1)C2.CC(OC(=O)N1CCN(Cc2ccc(C(F)(F)F)cc2N2CC3CN(S(C)(=O)=O)CC3C2)CC1)C(F)(F)F. The molecule has 16 rings (SSSR count). The number of benzene rings is 4. The van der Waals surface area contributed by atoms with Crippen molar-refractivity contribution in [3.05, 3.63) is 117 Å². The summed E-state index contributed by atoms with van der Waals surface area (Å²) in [5.74, 6) is 0.578. The van der Waals surface area contributed by atoms with Crippen LogP contribution in [0.4, 0.5) is 134 Å². The van der Waals surface area contributed by atoms with Gasteiger partial charge in [0.25, 0.3) is 0 Å². The molecule has 2 spiro atoms. The lowest BCUT2D eigenvalue weighted by Gasteiger charge is -2.55. The van der Waals surface area contributed by atoms with Crippen LogP contribution in [0.5, 0.6) is 0 Å². The Morgan fingerprint density at radius 3 is 0.777 bits per heavy atom. The van der Waals surface area contributed by atoms with Crippen LogP contribution in [0.15, 0.2) is 72.8 Å². The maximum Gasteiger partial charge on any atom is 0.425 e. The van der Waals surface area contributed by atoms with Gasteiger partial charge in [0.1, 0.15) is 0 Å². The predicted octanol–water partition coefficient (Wildman–Crippen LogP) is 15.4. The maximum absolute atomic E-state index is 13.5. The van der Waals surface area contributed by atoms with Crippen molar-refractivity contribution in [1.82, 2.24) is 58.2 Å². The average Bonchev–Trinajstić information content (AvgIpc) is 0.985. The molecule has 12 aliphatic rings. The van der Waals surface area contributed by atoms with Crippen molar-refractivity contribution < 1.29 is 153 Å². The normalized spacial score (nSPS) is 22.8. The van der Waals surface area contributed by atoms with Crippen molar-refractivity contribution in [2.24, 2.45) is 34.5 Å². The summed E-state index contributed by atoms with van der Waals surface area (Å²) in [6.07, 6.45) is -40.1. The third-order valence-corrected chi connectivity index (χ3v) is 31.7. The molecule has 52 heteroatoms. The molecule has 8 atom stereocenters. The molecule has 12 aliphatic heterocycles. The van der Waals surface area contributed by atoms with Gasteiger partial charge < -0.3 is 72.8 Å². The lowest BCUT2D eigenvalue weighted by Crippen LogP contribution is -2.61. The number of anilines is 4. The van der Waals surface area contributed by atoms with E-state index in [9.17, 15) is 134 Å². The zero-order chi connectivity index (χ0) is 108. The Morgan fingerprint density at radius 1 is 0.318 bits per heavy atom. The van der Waals surface area contributed by atoms with Gasteiger partial charge in [0.15, 0.2) is 24.4 Å². The number of likely N-dealkylation sites (tertiary alicyclic amines) is 3. The molecule has 0 saturated carbocycles. The fraction of sp³-hybridized carbons (Fsp3) is 0.677. The second kappa shape index (κ2) is 46.0. The summed E-state index contributed by atoms with van der Waals surface area (Å²) in [6, 6.07) is 16.9. The third-order valence-electron chi connectivity index (χ3n) is 30.2. The molecule has 12 heterocycles. The van der Waals surface area contributed by atoms with E-state index in [1.807, 2.05) is 52.5 Å². The highest BCUT2D eigenvalue weighted by molar-refractivity contribution is 7.88. The Labute approximate surface area is 848 Å². The summed E-state index contributed by atoms with van der Waals surface area (Å²) in [7, 11) is -3.34. The van der Waals surface area contributed by atoms with E-state index >= 15 is 0 Å². The van der Waals surface area contributed by atoms with Gasteiger partial charge in [0.05, 0.1) is 22.9 Å². The van der Waals surface area contributed by atoms with E-state index in [2.05, 4.69) is 28.7 Å². The van der Waals surface area contributed by atoms with Crippen LogP contribution in [0.25, 0.3) is 0 Å². The van der Waals surface area contributed by atoms with Crippen LogP contribution in [0.2, 0.25) is 5.02 Å². The monoisotopic (exact) mass is 2170 g/mol. The third kappa shape index (κ3) is 29.5. The molecule has 0 radical (unpaired) electrons. The number of halogens is 22. The first-order valence-electron chi connectivity index (χ1n) is 49.0. The van der Waals surface area contributed by atoms with Crippen LogP contribution in [0.1, 0.15) is 113 Å². The van der Waals surface area contributed by atoms with E-state index in [1.165, 1.54) is 68.1 Å². The number of alkyl halides is 21. The number of amides is 7. The predicted molar refractivity (Wildman–Crippen MR) is 501 cm³/mol. The second-order valence-electron chi connectivity index (χ2n) is 40.7. The molecule has 148 heavy (non-hydrogen) atoms. The van der Waals surface area contributed by atoms with E-state index in [-0.39, 0.29) is 98.0 Å². The Kier molecular flexibility index (Phi) is 35.8. The molecular formula is C96H124ClF21N16O13S. The highest BCUT2D eigenvalue weighted by atomic mass is 35.5. The van der Waals surface area contributed by atoms with Gasteiger partial charge in [-0.25, -0.2) is 31.9 Å². The number of rotatable bonds is 17. The minimum absolute atomic E-state index is 0.00315. The fourth-order valence-corrected chi connectivity index (χ4v) is 22.0. The number of hydrogen-bond acceptors (Lipinski definition) is 21. The van der Waals surface area contributed by atoms with Crippen LogP contribution in [-0.4, -0.2) is 374 Å². The number of hydrogen-bond donors (Lipinski definition) is 0. The molecule has 8 unspecified atom stereocenters. The molecule has 29 nitrogen and oxygen atoms in total. The zero-order valence-corrected chi connectivity index (χ0v) is 84.6. The van der Waals surface area contributed by atoms with E-state index in [0.29, 0.717) is 197 Å².